The lowest BCUT2D eigenvalue weighted by atomic mass is 9.83. The van der Waals surface area contributed by atoms with Crippen molar-refractivity contribution >= 4 is 17.4 Å². The normalized spacial score (nSPS) is 17.8. The Labute approximate surface area is 120 Å². The number of hydrogen-bond donors (Lipinski definition) is 1. The number of rotatable bonds is 7. The molecule has 1 N–H and O–H groups in total. The second-order valence-electron chi connectivity index (χ2n) is 5.28. The van der Waals surface area contributed by atoms with Gasteiger partial charge in [-0.2, -0.15) is 11.3 Å². The predicted molar refractivity (Wildman–Crippen MR) is 83.6 cm³/mol. The Kier molecular flexibility index (Phi) is 6.62. The van der Waals surface area contributed by atoms with Gasteiger partial charge in [0.25, 0.3) is 0 Å². The highest BCUT2D eigenvalue weighted by atomic mass is 32.1. The highest BCUT2D eigenvalue weighted by Crippen LogP contribution is 2.30. The Morgan fingerprint density at radius 3 is 2.95 bits per heavy atom. The molecule has 19 heavy (non-hydrogen) atoms. The summed E-state index contributed by atoms with van der Waals surface area (Å²) in [4.78, 5) is 0. The molecule has 1 aliphatic carbocycles. The summed E-state index contributed by atoms with van der Waals surface area (Å²) >= 11 is 1.78. The average molecular weight is 279 g/mol. The Morgan fingerprint density at radius 2 is 2.26 bits per heavy atom. The summed E-state index contributed by atoms with van der Waals surface area (Å²) in [6.07, 6.45) is 9.32. The van der Waals surface area contributed by atoms with Gasteiger partial charge in [0, 0.05) is 20.2 Å². The summed E-state index contributed by atoms with van der Waals surface area (Å²) in [6.45, 7) is 2.73. The third-order valence-electron chi connectivity index (χ3n) is 3.84. The Balaban J connectivity index is 1.95. The molecule has 3 heteroatoms. The SMILES string of the molecule is COCCNCC(=Cc1ccsc1)C1CCCCC1. The zero-order chi connectivity index (χ0) is 13.3. The molecule has 0 unspecified atom stereocenters. The van der Waals surface area contributed by atoms with Crippen molar-refractivity contribution in [2.24, 2.45) is 5.92 Å². The Bertz CT molecular complexity index is 366. The van der Waals surface area contributed by atoms with Gasteiger partial charge in [0.05, 0.1) is 6.61 Å². The zero-order valence-corrected chi connectivity index (χ0v) is 12.7. The van der Waals surface area contributed by atoms with Gasteiger partial charge in [0.2, 0.25) is 0 Å². The first kappa shape index (κ1) is 14.8. The van der Waals surface area contributed by atoms with Crippen LogP contribution in [0.1, 0.15) is 37.7 Å². The molecule has 0 bridgehead atoms. The van der Waals surface area contributed by atoms with Gasteiger partial charge in [0.1, 0.15) is 0 Å². The first-order valence-electron chi connectivity index (χ1n) is 7.32. The summed E-state index contributed by atoms with van der Waals surface area (Å²) in [6, 6.07) is 2.21. The summed E-state index contributed by atoms with van der Waals surface area (Å²) in [5.74, 6) is 0.781. The van der Waals surface area contributed by atoms with E-state index in [2.05, 4.69) is 28.2 Å². The van der Waals surface area contributed by atoms with E-state index < -0.39 is 0 Å². The van der Waals surface area contributed by atoms with Crippen LogP contribution in [0.5, 0.6) is 0 Å². The van der Waals surface area contributed by atoms with Gasteiger partial charge in [-0.15, -0.1) is 0 Å². The third-order valence-corrected chi connectivity index (χ3v) is 4.54. The van der Waals surface area contributed by atoms with Crippen molar-refractivity contribution in [2.45, 2.75) is 32.1 Å². The maximum absolute atomic E-state index is 5.09. The van der Waals surface area contributed by atoms with Crippen LogP contribution in [-0.4, -0.2) is 26.8 Å². The molecule has 1 fully saturated rings. The van der Waals surface area contributed by atoms with E-state index in [1.54, 1.807) is 24.0 Å². The molecule has 1 aliphatic rings. The molecule has 1 heterocycles. The number of thiophene rings is 1. The molecule has 0 aromatic carbocycles. The van der Waals surface area contributed by atoms with Gasteiger partial charge < -0.3 is 10.1 Å². The molecule has 0 amide bonds. The van der Waals surface area contributed by atoms with Crippen LogP contribution in [0.2, 0.25) is 0 Å². The van der Waals surface area contributed by atoms with Crippen LogP contribution >= 0.6 is 11.3 Å². The monoisotopic (exact) mass is 279 g/mol. The Morgan fingerprint density at radius 1 is 1.42 bits per heavy atom. The van der Waals surface area contributed by atoms with Gasteiger partial charge in [-0.1, -0.05) is 30.9 Å². The van der Waals surface area contributed by atoms with Crippen LogP contribution in [0.3, 0.4) is 0 Å². The van der Waals surface area contributed by atoms with Crippen LogP contribution in [-0.2, 0) is 4.74 Å². The molecule has 106 valence electrons. The summed E-state index contributed by atoms with van der Waals surface area (Å²) in [7, 11) is 1.75. The fraction of sp³-hybridized carbons (Fsp3) is 0.625. The largest absolute Gasteiger partial charge is 0.383 e. The third kappa shape index (κ3) is 5.09. The van der Waals surface area contributed by atoms with Crippen LogP contribution in [0.25, 0.3) is 6.08 Å². The topological polar surface area (TPSA) is 21.3 Å². The molecule has 0 spiro atoms. The minimum Gasteiger partial charge on any atom is -0.383 e. The Hall–Kier alpha value is -0.640. The van der Waals surface area contributed by atoms with E-state index in [1.165, 1.54) is 37.7 Å². The van der Waals surface area contributed by atoms with Gasteiger partial charge in [-0.3, -0.25) is 0 Å². The second-order valence-corrected chi connectivity index (χ2v) is 6.06. The van der Waals surface area contributed by atoms with Crippen molar-refractivity contribution in [3.05, 3.63) is 28.0 Å². The van der Waals surface area contributed by atoms with Crippen LogP contribution in [0, 0.1) is 5.92 Å². The smallest absolute Gasteiger partial charge is 0.0587 e. The lowest BCUT2D eigenvalue weighted by molar-refractivity contribution is 0.200. The molecular formula is C16H25NOS. The minimum absolute atomic E-state index is 0.781. The summed E-state index contributed by atoms with van der Waals surface area (Å²) in [5.41, 5.74) is 2.94. The maximum Gasteiger partial charge on any atom is 0.0587 e. The van der Waals surface area contributed by atoms with E-state index in [4.69, 9.17) is 4.74 Å². The number of nitrogens with one attached hydrogen (secondary N) is 1. The van der Waals surface area contributed by atoms with Crippen molar-refractivity contribution in [3.63, 3.8) is 0 Å². The van der Waals surface area contributed by atoms with Gasteiger partial charge in [-0.05, 0) is 41.1 Å². The molecule has 0 radical (unpaired) electrons. The van der Waals surface area contributed by atoms with E-state index in [-0.39, 0.29) is 0 Å². The first-order chi connectivity index (χ1) is 9.40. The van der Waals surface area contributed by atoms with E-state index in [0.29, 0.717) is 0 Å². The van der Waals surface area contributed by atoms with Gasteiger partial charge in [0.15, 0.2) is 0 Å². The first-order valence-corrected chi connectivity index (χ1v) is 8.27. The van der Waals surface area contributed by atoms with E-state index >= 15 is 0 Å². The second kappa shape index (κ2) is 8.51. The molecule has 1 aromatic heterocycles. The molecule has 1 aromatic rings. The fourth-order valence-corrected chi connectivity index (χ4v) is 3.38. The molecule has 1 saturated carbocycles. The molecule has 0 aliphatic heterocycles. The highest BCUT2D eigenvalue weighted by molar-refractivity contribution is 7.08. The van der Waals surface area contributed by atoms with Crippen molar-refractivity contribution < 1.29 is 4.74 Å². The van der Waals surface area contributed by atoms with Crippen LogP contribution < -0.4 is 5.32 Å². The molecule has 2 rings (SSSR count). The molecular weight excluding hydrogens is 254 g/mol. The minimum atomic E-state index is 0.781. The van der Waals surface area contributed by atoms with Gasteiger partial charge in [-0.25, -0.2) is 0 Å². The number of ether oxygens (including phenoxy) is 1. The molecule has 0 saturated heterocycles. The standard InChI is InChI=1S/C16H25NOS/c1-18-9-8-17-12-16(11-14-7-10-19-13-14)15-5-3-2-4-6-15/h7,10-11,13,15,17H,2-6,8-9,12H2,1H3. The average Bonchev–Trinajstić information content (AvgIpc) is 2.96. The molecule has 0 atom stereocenters. The number of hydrogen-bond acceptors (Lipinski definition) is 3. The highest BCUT2D eigenvalue weighted by Gasteiger charge is 2.17. The number of methoxy groups -OCH3 is 1. The predicted octanol–water partition coefficient (Wildman–Crippen LogP) is 3.95. The van der Waals surface area contributed by atoms with Gasteiger partial charge >= 0.3 is 0 Å². The van der Waals surface area contributed by atoms with Crippen molar-refractivity contribution in [1.29, 1.82) is 0 Å². The van der Waals surface area contributed by atoms with Crippen LogP contribution in [0.4, 0.5) is 0 Å². The molecule has 2 nitrogen and oxygen atoms in total. The van der Waals surface area contributed by atoms with E-state index in [9.17, 15) is 0 Å². The van der Waals surface area contributed by atoms with Crippen LogP contribution in [0.15, 0.2) is 22.4 Å². The fourth-order valence-electron chi connectivity index (χ4n) is 2.76. The zero-order valence-electron chi connectivity index (χ0n) is 11.9. The van der Waals surface area contributed by atoms with E-state index in [1.807, 2.05) is 0 Å². The summed E-state index contributed by atoms with van der Waals surface area (Å²) < 4.78 is 5.09. The van der Waals surface area contributed by atoms with Crippen molar-refractivity contribution in [2.75, 3.05) is 26.8 Å². The van der Waals surface area contributed by atoms with E-state index in [0.717, 1.165) is 25.6 Å². The lowest BCUT2D eigenvalue weighted by Crippen LogP contribution is -2.25. The van der Waals surface area contributed by atoms with Crippen molar-refractivity contribution in [3.8, 4) is 0 Å². The quantitative estimate of drug-likeness (QED) is 0.763. The van der Waals surface area contributed by atoms with Crippen molar-refractivity contribution in [1.82, 2.24) is 5.32 Å². The lowest BCUT2D eigenvalue weighted by Gasteiger charge is -2.25. The maximum atomic E-state index is 5.09. The summed E-state index contributed by atoms with van der Waals surface area (Å²) in [5, 5.41) is 7.90.